The minimum absolute atomic E-state index is 0.149. The Kier molecular flexibility index (Phi) is 6.25. The minimum Gasteiger partial charge on any atom is -0.493 e. The molecule has 224 valence electrons. The van der Waals surface area contributed by atoms with E-state index < -0.39 is 83.0 Å². The molecule has 1 aromatic rings. The summed E-state index contributed by atoms with van der Waals surface area (Å²) in [7, 11) is -1.67. The number of fused-ring (bicyclic) bond motifs is 5. The number of Topliss-reactive ketones (excluding diaryl/α,β-unsaturated/α-hetero) is 1. The third-order valence-electron chi connectivity index (χ3n) is 10.3. The SMILES string of the molecule is [2H]C([2H])([2H])O[C@H]1C[C@H]2OC[C@@]2(OC(C)=O)[C@H]2[C@H](OC(=O)c3ccccc3)[C@]3(O)C[C@H](O)C(C)/C(=C(\OC)C(=O)[C@]12C)C3(C)C. The van der Waals surface area contributed by atoms with Crippen molar-refractivity contribution in [3.8, 4) is 0 Å². The first-order valence-corrected chi connectivity index (χ1v) is 13.8. The highest BCUT2D eigenvalue weighted by molar-refractivity contribution is 6.00. The fourth-order valence-electron chi connectivity index (χ4n) is 8.00. The molecule has 10 heteroatoms. The number of aliphatic hydroxyl groups is 2. The Balaban J connectivity index is 1.87. The zero-order valence-corrected chi connectivity index (χ0v) is 24.1. The second-order valence-electron chi connectivity index (χ2n) is 12.5. The zero-order chi connectivity index (χ0) is 32.6. The Labute approximate surface area is 244 Å². The molecule has 10 nitrogen and oxygen atoms in total. The molecule has 0 spiro atoms. The fourth-order valence-corrected chi connectivity index (χ4v) is 8.00. The second kappa shape index (κ2) is 9.90. The van der Waals surface area contributed by atoms with Crippen LogP contribution in [0.2, 0.25) is 0 Å². The second-order valence-corrected chi connectivity index (χ2v) is 12.5. The lowest BCUT2D eigenvalue weighted by molar-refractivity contribution is -0.346. The molecule has 1 heterocycles. The van der Waals surface area contributed by atoms with Gasteiger partial charge < -0.3 is 33.9 Å². The number of esters is 2. The molecule has 1 aromatic carbocycles. The lowest BCUT2D eigenvalue weighted by atomic mass is 9.45. The summed E-state index contributed by atoms with van der Waals surface area (Å²) in [6, 6.07) is 8.03. The van der Waals surface area contributed by atoms with Crippen LogP contribution in [-0.4, -0.2) is 84.3 Å². The maximum atomic E-state index is 15.0. The maximum absolute atomic E-state index is 15.0. The summed E-state index contributed by atoms with van der Waals surface area (Å²) in [5, 5.41) is 24.3. The first kappa shape index (κ1) is 25.9. The van der Waals surface area contributed by atoms with Gasteiger partial charge in [-0.1, -0.05) is 39.0 Å². The molecule has 3 fully saturated rings. The largest absolute Gasteiger partial charge is 0.493 e. The van der Waals surface area contributed by atoms with Crippen molar-refractivity contribution in [1.29, 1.82) is 0 Å². The van der Waals surface area contributed by atoms with Crippen LogP contribution in [0.5, 0.6) is 0 Å². The molecule has 9 atom stereocenters. The van der Waals surface area contributed by atoms with Crippen LogP contribution in [0.25, 0.3) is 0 Å². The van der Waals surface area contributed by atoms with Gasteiger partial charge in [-0.05, 0) is 24.6 Å². The number of aliphatic hydroxyl groups excluding tert-OH is 1. The third-order valence-corrected chi connectivity index (χ3v) is 10.3. The zero-order valence-electron chi connectivity index (χ0n) is 27.1. The van der Waals surface area contributed by atoms with Crippen LogP contribution in [0.15, 0.2) is 41.7 Å². The van der Waals surface area contributed by atoms with Gasteiger partial charge >= 0.3 is 11.9 Å². The summed E-state index contributed by atoms with van der Waals surface area (Å²) in [6.07, 6.45) is -5.62. The van der Waals surface area contributed by atoms with Crippen LogP contribution < -0.4 is 0 Å². The summed E-state index contributed by atoms with van der Waals surface area (Å²) in [5.41, 5.74) is -6.56. The molecule has 0 amide bonds. The number of ether oxygens (including phenoxy) is 5. The molecule has 1 saturated heterocycles. The van der Waals surface area contributed by atoms with Crippen molar-refractivity contribution in [1.82, 2.24) is 0 Å². The van der Waals surface area contributed by atoms with E-state index in [1.54, 1.807) is 39.0 Å². The van der Waals surface area contributed by atoms with Gasteiger partial charge in [0.1, 0.15) is 17.8 Å². The van der Waals surface area contributed by atoms with Crippen LogP contribution in [-0.2, 0) is 33.3 Å². The van der Waals surface area contributed by atoms with E-state index in [2.05, 4.69) is 0 Å². The van der Waals surface area contributed by atoms with Crippen LogP contribution in [0.1, 0.15) is 61.9 Å². The van der Waals surface area contributed by atoms with Gasteiger partial charge in [-0.2, -0.15) is 0 Å². The first-order valence-electron chi connectivity index (χ1n) is 15.3. The van der Waals surface area contributed by atoms with Crippen molar-refractivity contribution in [2.24, 2.45) is 22.7 Å². The van der Waals surface area contributed by atoms with Crippen molar-refractivity contribution in [2.75, 3.05) is 20.8 Å². The van der Waals surface area contributed by atoms with Crippen molar-refractivity contribution in [3.05, 3.63) is 47.2 Å². The number of allylic oxidation sites excluding steroid dienone is 1. The smallest absolute Gasteiger partial charge is 0.338 e. The van der Waals surface area contributed by atoms with E-state index in [-0.39, 0.29) is 36.3 Å². The topological polar surface area (TPSA) is 138 Å². The summed E-state index contributed by atoms with van der Waals surface area (Å²) in [6.45, 7) is 7.49. The Bertz CT molecular complexity index is 1380. The van der Waals surface area contributed by atoms with Gasteiger partial charge in [0.2, 0.25) is 5.78 Å². The molecule has 4 aliphatic rings. The van der Waals surface area contributed by atoms with Gasteiger partial charge in [-0.3, -0.25) is 9.59 Å². The quantitative estimate of drug-likeness (QED) is 0.504. The van der Waals surface area contributed by atoms with Crippen molar-refractivity contribution < 1.29 is 52.4 Å². The van der Waals surface area contributed by atoms with Gasteiger partial charge in [0.15, 0.2) is 11.4 Å². The summed E-state index contributed by atoms with van der Waals surface area (Å²) < 4.78 is 53.3. The molecule has 2 N–H and O–H groups in total. The van der Waals surface area contributed by atoms with Crippen LogP contribution in [0, 0.1) is 22.7 Å². The monoisotopic (exact) mass is 575 g/mol. The highest BCUT2D eigenvalue weighted by Gasteiger charge is 2.78. The van der Waals surface area contributed by atoms with Crippen molar-refractivity contribution in [2.45, 2.75) is 83.1 Å². The molecular weight excluding hydrogens is 532 g/mol. The molecule has 41 heavy (non-hydrogen) atoms. The molecule has 0 radical (unpaired) electrons. The number of methoxy groups -OCH3 is 2. The average Bonchev–Trinajstić information content (AvgIpc) is 2.92. The number of ketones is 1. The van der Waals surface area contributed by atoms with Crippen molar-refractivity contribution in [3.63, 3.8) is 0 Å². The third kappa shape index (κ3) is 3.94. The van der Waals surface area contributed by atoms with E-state index in [9.17, 15) is 19.8 Å². The number of hydrogen-bond acceptors (Lipinski definition) is 10. The van der Waals surface area contributed by atoms with E-state index in [0.29, 0.717) is 0 Å². The normalized spacial score (nSPS) is 44.3. The number of hydrogen-bond donors (Lipinski definition) is 2. The number of benzene rings is 1. The van der Waals surface area contributed by atoms with E-state index in [0.717, 1.165) is 0 Å². The Morgan fingerprint density at radius 1 is 1.17 bits per heavy atom. The Morgan fingerprint density at radius 2 is 1.85 bits per heavy atom. The molecule has 2 saturated carbocycles. The molecule has 3 aliphatic carbocycles. The molecule has 2 bridgehead atoms. The predicted octanol–water partition coefficient (Wildman–Crippen LogP) is 2.60. The number of rotatable bonds is 5. The van der Waals surface area contributed by atoms with Gasteiger partial charge in [0, 0.05) is 38.1 Å². The van der Waals surface area contributed by atoms with Crippen LogP contribution in [0.4, 0.5) is 0 Å². The van der Waals surface area contributed by atoms with Gasteiger partial charge in [0.25, 0.3) is 0 Å². The lowest BCUT2D eigenvalue weighted by Crippen LogP contribution is -2.81. The van der Waals surface area contributed by atoms with Crippen molar-refractivity contribution >= 4 is 17.7 Å². The Hall–Kier alpha value is -2.79. The fraction of sp³-hybridized carbons (Fsp3) is 0.645. The number of carbonyl (C=O) groups excluding carboxylic acids is 3. The average molecular weight is 576 g/mol. The predicted molar refractivity (Wildman–Crippen MR) is 144 cm³/mol. The van der Waals surface area contributed by atoms with E-state index in [1.165, 1.54) is 33.1 Å². The van der Waals surface area contributed by atoms with Crippen LogP contribution >= 0.6 is 0 Å². The highest BCUT2D eigenvalue weighted by atomic mass is 16.6. The summed E-state index contributed by atoms with van der Waals surface area (Å²) in [5.74, 6) is -4.50. The van der Waals surface area contributed by atoms with Gasteiger partial charge in [-0.15, -0.1) is 0 Å². The van der Waals surface area contributed by atoms with Gasteiger partial charge in [-0.25, -0.2) is 4.79 Å². The first-order chi connectivity index (χ1) is 20.3. The van der Waals surface area contributed by atoms with Gasteiger partial charge in [0.05, 0.1) is 46.9 Å². The minimum atomic E-state index is -2.96. The number of carbonyl (C=O) groups is 3. The molecule has 0 aromatic heterocycles. The highest BCUT2D eigenvalue weighted by Crippen LogP contribution is 2.65. The lowest BCUT2D eigenvalue weighted by Gasteiger charge is -2.67. The maximum Gasteiger partial charge on any atom is 0.338 e. The summed E-state index contributed by atoms with van der Waals surface area (Å²) >= 11 is 0. The van der Waals surface area contributed by atoms with Crippen LogP contribution in [0.3, 0.4) is 0 Å². The molecular formula is C31H40O10. The van der Waals surface area contributed by atoms with E-state index in [1.807, 2.05) is 0 Å². The van der Waals surface area contributed by atoms with E-state index in [4.69, 9.17) is 27.8 Å². The molecule has 1 aliphatic heterocycles. The standard InChI is InChI=1S/C31H40O10/c1-16-19(33)14-31(36)26(40-27(35)18-11-9-8-10-12-18)24-29(5,25(34)23(38-7)22(16)28(31,3)4)20(37-6)13-21-30(24,15-39-21)41-17(2)32/h8-12,16,19-21,24,26,33,36H,13-15H2,1-7H3/b23-22+/t16?,19-,20-,21+,24-,26-,29+,30-,31+/m0/s1/i6D3. The summed E-state index contributed by atoms with van der Waals surface area (Å²) in [4.78, 5) is 41.5. The molecule has 5 rings (SSSR count). The molecule has 1 unspecified atom stereocenters. The van der Waals surface area contributed by atoms with E-state index >= 15 is 4.79 Å². The Morgan fingerprint density at radius 3 is 2.41 bits per heavy atom.